The Morgan fingerprint density at radius 1 is 0.361 bits per heavy atom. The molecule has 10 aromatic rings. The molecule has 0 bridgehead atoms. The smallest absolute Gasteiger partial charge is 0.167 e. The van der Waals surface area contributed by atoms with Crippen molar-refractivity contribution in [2.75, 3.05) is 0 Å². The summed E-state index contributed by atoms with van der Waals surface area (Å²) in [4.78, 5) is 15.5. The molecule has 0 amide bonds. The van der Waals surface area contributed by atoms with E-state index in [9.17, 15) is 0 Å². The molecule has 0 N–H and O–H groups in total. The van der Waals surface area contributed by atoms with Gasteiger partial charge < -0.3 is 4.42 Å². The Balaban J connectivity index is 0.949. The summed E-state index contributed by atoms with van der Waals surface area (Å²) in [6.45, 7) is 0. The average Bonchev–Trinajstić information content (AvgIpc) is 3.85. The zero-order valence-electron chi connectivity index (χ0n) is 33.7. The van der Waals surface area contributed by atoms with E-state index in [1.54, 1.807) is 0 Å². The number of benzene rings is 8. The number of para-hydroxylation sites is 2. The van der Waals surface area contributed by atoms with Gasteiger partial charge >= 0.3 is 0 Å². The van der Waals surface area contributed by atoms with E-state index in [0.29, 0.717) is 17.5 Å². The van der Waals surface area contributed by atoms with Crippen LogP contribution in [0.3, 0.4) is 0 Å². The molecule has 1 saturated carbocycles. The van der Waals surface area contributed by atoms with Gasteiger partial charge in [-0.2, -0.15) is 0 Å². The van der Waals surface area contributed by atoms with Crippen molar-refractivity contribution in [3.8, 4) is 78.7 Å². The van der Waals surface area contributed by atoms with Crippen LogP contribution in [0.5, 0.6) is 0 Å². The van der Waals surface area contributed by atoms with E-state index in [4.69, 9.17) is 19.4 Å². The summed E-state index contributed by atoms with van der Waals surface area (Å²) in [5, 5.41) is 2.10. The molecule has 2 aliphatic carbocycles. The topological polar surface area (TPSA) is 51.8 Å². The molecule has 2 aliphatic rings. The highest BCUT2D eigenvalue weighted by Crippen LogP contribution is 2.58. The lowest BCUT2D eigenvalue weighted by Crippen LogP contribution is -2.28. The van der Waals surface area contributed by atoms with Crippen LogP contribution in [-0.4, -0.2) is 15.0 Å². The van der Waals surface area contributed by atoms with Crippen molar-refractivity contribution in [2.45, 2.75) is 37.5 Å². The molecule has 1 fully saturated rings. The molecule has 1 spiro atoms. The highest BCUT2D eigenvalue weighted by Gasteiger charge is 2.45. The van der Waals surface area contributed by atoms with Gasteiger partial charge in [-0.15, -0.1) is 0 Å². The first-order valence-corrected chi connectivity index (χ1v) is 21.5. The maximum absolute atomic E-state index is 6.49. The number of hydrogen-bond donors (Lipinski definition) is 0. The van der Waals surface area contributed by atoms with E-state index in [1.165, 1.54) is 71.0 Å². The molecule has 0 radical (unpaired) electrons. The Kier molecular flexibility index (Phi) is 8.38. The normalized spacial score (nSPS) is 14.0. The van der Waals surface area contributed by atoms with Crippen LogP contribution in [0.15, 0.2) is 192 Å². The van der Waals surface area contributed by atoms with Crippen molar-refractivity contribution in [3.05, 3.63) is 199 Å². The van der Waals surface area contributed by atoms with Crippen LogP contribution in [-0.2, 0) is 5.41 Å². The molecule has 0 saturated heterocycles. The fraction of sp³-hybridized carbons (Fsp3) is 0.105. The van der Waals surface area contributed by atoms with Gasteiger partial charge in [0.15, 0.2) is 17.5 Å². The summed E-state index contributed by atoms with van der Waals surface area (Å²) in [6.07, 6.45) is 6.28. The molecule has 61 heavy (non-hydrogen) atoms. The Morgan fingerprint density at radius 2 is 0.902 bits per heavy atom. The quantitative estimate of drug-likeness (QED) is 0.169. The number of furan rings is 1. The molecule has 0 atom stereocenters. The van der Waals surface area contributed by atoms with Gasteiger partial charge in [0.1, 0.15) is 11.2 Å². The fourth-order valence-corrected chi connectivity index (χ4v) is 10.3. The van der Waals surface area contributed by atoms with Crippen molar-refractivity contribution >= 4 is 21.9 Å². The van der Waals surface area contributed by atoms with Gasteiger partial charge in [-0.25, -0.2) is 15.0 Å². The minimum atomic E-state index is 0.0828. The van der Waals surface area contributed by atoms with Crippen LogP contribution in [0.1, 0.15) is 43.2 Å². The summed E-state index contributed by atoms with van der Waals surface area (Å²) in [6, 6.07) is 67.1. The van der Waals surface area contributed by atoms with E-state index < -0.39 is 0 Å². The second-order valence-electron chi connectivity index (χ2n) is 16.6. The van der Waals surface area contributed by atoms with Gasteiger partial charge in [-0.3, -0.25) is 0 Å². The Morgan fingerprint density at radius 3 is 1.74 bits per heavy atom. The van der Waals surface area contributed by atoms with Crippen molar-refractivity contribution in [1.82, 2.24) is 15.0 Å². The second kappa shape index (κ2) is 14.4. The summed E-state index contributed by atoms with van der Waals surface area (Å²) >= 11 is 0. The lowest BCUT2D eigenvalue weighted by Gasteiger charge is -2.37. The van der Waals surface area contributed by atoms with E-state index in [0.717, 1.165) is 55.3 Å². The monoisotopic (exact) mass is 783 g/mol. The fourth-order valence-electron chi connectivity index (χ4n) is 10.3. The molecule has 12 rings (SSSR count). The number of rotatable bonds is 6. The lowest BCUT2D eigenvalue weighted by atomic mass is 9.66. The molecule has 8 aromatic carbocycles. The molecule has 4 heteroatoms. The minimum absolute atomic E-state index is 0.0828. The number of fused-ring (bicyclic) bond motifs is 8. The third kappa shape index (κ3) is 5.93. The standard InChI is InChI=1S/C57H41N3O/c1-3-15-37(16-4-1)41-18-12-20-43(36-41)55-58-54(59-56(60-55)49-26-14-25-48-46-22-6-8-28-51(46)61-53(48)49)39-31-29-38(30-32-39)40-17-11-19-42(35-40)44-23-13-24-47-45-21-5-7-27-50(45)57(52(44)47)33-9-2-10-34-57/h1,3-8,11-32,35-36H,2,9-10,33-34H2. The van der Waals surface area contributed by atoms with Gasteiger partial charge in [-0.05, 0) is 92.7 Å². The van der Waals surface area contributed by atoms with Crippen LogP contribution in [0, 0.1) is 0 Å². The first-order valence-electron chi connectivity index (χ1n) is 21.5. The van der Waals surface area contributed by atoms with Gasteiger partial charge in [0.05, 0.1) is 5.56 Å². The maximum atomic E-state index is 6.49. The zero-order chi connectivity index (χ0) is 40.3. The average molecular weight is 784 g/mol. The van der Waals surface area contributed by atoms with Crippen LogP contribution in [0.4, 0.5) is 0 Å². The van der Waals surface area contributed by atoms with Gasteiger partial charge in [0.25, 0.3) is 0 Å². The number of hydrogen-bond acceptors (Lipinski definition) is 4. The predicted octanol–water partition coefficient (Wildman–Crippen LogP) is 15.0. The summed E-state index contributed by atoms with van der Waals surface area (Å²) in [5.74, 6) is 1.78. The van der Waals surface area contributed by atoms with E-state index in [1.807, 2.05) is 30.3 Å². The van der Waals surface area contributed by atoms with Crippen molar-refractivity contribution in [3.63, 3.8) is 0 Å². The highest BCUT2D eigenvalue weighted by molar-refractivity contribution is 6.09. The SMILES string of the molecule is c1ccc(-c2cccc(-c3nc(-c4ccc(-c5cccc(-c6cccc7c6C6(CCCCC6)c6ccccc6-7)c5)cc4)nc(-c4cccc5c4oc4ccccc45)n3)c2)cc1. The zero-order valence-corrected chi connectivity index (χ0v) is 33.7. The van der Waals surface area contributed by atoms with Crippen LogP contribution in [0.2, 0.25) is 0 Å². The highest BCUT2D eigenvalue weighted by atomic mass is 16.3. The summed E-state index contributed by atoms with van der Waals surface area (Å²) in [7, 11) is 0. The predicted molar refractivity (Wildman–Crippen MR) is 249 cm³/mol. The van der Waals surface area contributed by atoms with E-state index in [2.05, 4.69) is 158 Å². The van der Waals surface area contributed by atoms with Crippen LogP contribution in [0.25, 0.3) is 101 Å². The van der Waals surface area contributed by atoms with E-state index >= 15 is 0 Å². The summed E-state index contributed by atoms with van der Waals surface area (Å²) in [5.41, 5.74) is 17.4. The first-order chi connectivity index (χ1) is 30.2. The van der Waals surface area contributed by atoms with Gasteiger partial charge in [-0.1, -0.05) is 183 Å². The van der Waals surface area contributed by atoms with Crippen molar-refractivity contribution in [1.29, 1.82) is 0 Å². The minimum Gasteiger partial charge on any atom is -0.455 e. The van der Waals surface area contributed by atoms with Gasteiger partial charge in [0, 0.05) is 27.3 Å². The number of nitrogens with zero attached hydrogens (tertiary/aromatic N) is 3. The maximum Gasteiger partial charge on any atom is 0.167 e. The van der Waals surface area contributed by atoms with Gasteiger partial charge in [0.2, 0.25) is 0 Å². The Bertz CT molecular complexity index is 3280. The first kappa shape index (κ1) is 35.5. The molecule has 0 aliphatic heterocycles. The number of aromatic nitrogens is 3. The van der Waals surface area contributed by atoms with Crippen LogP contribution < -0.4 is 0 Å². The largest absolute Gasteiger partial charge is 0.455 e. The van der Waals surface area contributed by atoms with Crippen LogP contribution >= 0.6 is 0 Å². The molecule has 4 nitrogen and oxygen atoms in total. The lowest BCUT2D eigenvalue weighted by molar-refractivity contribution is 0.353. The summed E-state index contributed by atoms with van der Waals surface area (Å²) < 4.78 is 6.49. The molecular weight excluding hydrogens is 743 g/mol. The molecule has 0 unspecified atom stereocenters. The molecule has 2 heterocycles. The molecule has 2 aromatic heterocycles. The Labute approximate surface area is 355 Å². The second-order valence-corrected chi connectivity index (χ2v) is 16.6. The Hall–Kier alpha value is -7.43. The molecular formula is C57H41N3O. The molecule has 290 valence electrons. The third-order valence-corrected chi connectivity index (χ3v) is 13.1. The van der Waals surface area contributed by atoms with E-state index in [-0.39, 0.29) is 5.41 Å². The van der Waals surface area contributed by atoms with Crippen molar-refractivity contribution in [2.24, 2.45) is 0 Å². The van der Waals surface area contributed by atoms with Crippen molar-refractivity contribution < 1.29 is 4.42 Å². The third-order valence-electron chi connectivity index (χ3n) is 13.1.